The molecule has 1 atom stereocenters. The molecule has 0 spiro atoms. The first-order chi connectivity index (χ1) is 13.7. The highest BCUT2D eigenvalue weighted by molar-refractivity contribution is 7.10. The summed E-state index contributed by atoms with van der Waals surface area (Å²) in [7, 11) is 0. The number of likely N-dealkylation sites (tertiary alicyclic amines) is 1. The van der Waals surface area contributed by atoms with Gasteiger partial charge in [-0.25, -0.2) is 0 Å². The zero-order chi connectivity index (χ0) is 19.5. The Labute approximate surface area is 171 Å². The summed E-state index contributed by atoms with van der Waals surface area (Å²) in [5.41, 5.74) is 4.46. The molecule has 28 heavy (non-hydrogen) atoms. The molecule has 0 bridgehead atoms. The van der Waals surface area contributed by atoms with E-state index in [9.17, 15) is 9.90 Å². The summed E-state index contributed by atoms with van der Waals surface area (Å²) < 4.78 is 0. The van der Waals surface area contributed by atoms with E-state index in [-0.39, 0.29) is 18.6 Å². The second kappa shape index (κ2) is 8.72. The van der Waals surface area contributed by atoms with E-state index in [0.29, 0.717) is 0 Å². The number of aromatic nitrogens is 1. The van der Waals surface area contributed by atoms with E-state index in [1.807, 2.05) is 16.5 Å². The third-order valence-corrected chi connectivity index (χ3v) is 7.05. The van der Waals surface area contributed by atoms with Crippen LogP contribution in [0.1, 0.15) is 58.2 Å². The fourth-order valence-electron chi connectivity index (χ4n) is 4.30. The molecule has 2 aromatic heterocycles. The van der Waals surface area contributed by atoms with Crippen molar-refractivity contribution in [1.82, 2.24) is 14.8 Å². The van der Waals surface area contributed by atoms with Gasteiger partial charge in [-0.05, 0) is 49.3 Å². The SMILES string of the molecule is CCc1ccc(CN2CCc3c(C(=O)N4CCCC[C@@H]4CO)csc3C2)nc1. The van der Waals surface area contributed by atoms with Gasteiger partial charge in [0.05, 0.1) is 23.9 Å². The lowest BCUT2D eigenvalue weighted by Crippen LogP contribution is -2.46. The molecule has 0 aliphatic carbocycles. The van der Waals surface area contributed by atoms with Crippen molar-refractivity contribution in [3.05, 3.63) is 51.0 Å². The number of nitrogens with zero attached hydrogens (tertiary/aromatic N) is 3. The number of fused-ring (bicyclic) bond motifs is 1. The van der Waals surface area contributed by atoms with Crippen LogP contribution >= 0.6 is 11.3 Å². The van der Waals surface area contributed by atoms with E-state index in [0.717, 1.165) is 69.5 Å². The molecular formula is C22H29N3O2S. The molecule has 2 aromatic rings. The van der Waals surface area contributed by atoms with Gasteiger partial charge in [-0.3, -0.25) is 14.7 Å². The van der Waals surface area contributed by atoms with Crippen LogP contribution in [0.3, 0.4) is 0 Å². The van der Waals surface area contributed by atoms with Crippen molar-refractivity contribution in [3.8, 4) is 0 Å². The van der Waals surface area contributed by atoms with Gasteiger partial charge in [-0.2, -0.15) is 0 Å². The molecule has 6 heteroatoms. The van der Waals surface area contributed by atoms with Gasteiger partial charge in [0, 0.05) is 42.6 Å². The molecule has 1 fully saturated rings. The Morgan fingerprint density at radius 2 is 2.21 bits per heavy atom. The van der Waals surface area contributed by atoms with Crippen molar-refractivity contribution < 1.29 is 9.90 Å². The first kappa shape index (κ1) is 19.6. The Kier molecular flexibility index (Phi) is 6.09. The summed E-state index contributed by atoms with van der Waals surface area (Å²) in [6, 6.07) is 4.27. The molecule has 1 N–H and O–H groups in total. The van der Waals surface area contributed by atoms with E-state index in [1.54, 1.807) is 11.3 Å². The maximum absolute atomic E-state index is 13.1. The molecule has 2 aliphatic heterocycles. The molecule has 150 valence electrons. The largest absolute Gasteiger partial charge is 0.394 e. The number of hydrogen-bond donors (Lipinski definition) is 1. The number of pyridine rings is 1. The van der Waals surface area contributed by atoms with Crippen LogP contribution in [0.15, 0.2) is 23.7 Å². The fraction of sp³-hybridized carbons (Fsp3) is 0.545. The molecule has 4 rings (SSSR count). The standard InChI is InChI=1S/C22H29N3O2S/c1-2-16-6-7-17(23-11-16)12-24-10-8-19-20(15-28-21(19)13-24)22(27)25-9-4-3-5-18(25)14-26/h6-7,11,15,18,26H,2-5,8-10,12-14H2,1H3/t18-/m1/s1. The van der Waals surface area contributed by atoms with Crippen LogP contribution in [-0.4, -0.2) is 51.5 Å². The maximum Gasteiger partial charge on any atom is 0.255 e. The molecule has 0 saturated carbocycles. The van der Waals surface area contributed by atoms with Crippen LogP contribution in [0.2, 0.25) is 0 Å². The summed E-state index contributed by atoms with van der Waals surface area (Å²) >= 11 is 1.70. The molecule has 0 radical (unpaired) electrons. The van der Waals surface area contributed by atoms with Crippen molar-refractivity contribution in [1.29, 1.82) is 0 Å². The zero-order valence-corrected chi connectivity index (χ0v) is 17.4. The topological polar surface area (TPSA) is 56.7 Å². The maximum atomic E-state index is 13.1. The van der Waals surface area contributed by atoms with Gasteiger partial charge >= 0.3 is 0 Å². The molecule has 0 unspecified atom stereocenters. The van der Waals surface area contributed by atoms with Crippen molar-refractivity contribution in [2.24, 2.45) is 0 Å². The minimum atomic E-state index is -0.0194. The Morgan fingerprint density at radius 3 is 2.96 bits per heavy atom. The van der Waals surface area contributed by atoms with Gasteiger partial charge in [-0.15, -0.1) is 11.3 Å². The monoisotopic (exact) mass is 399 g/mol. The summed E-state index contributed by atoms with van der Waals surface area (Å²) in [4.78, 5) is 23.3. The summed E-state index contributed by atoms with van der Waals surface area (Å²) in [6.07, 6.45) is 6.94. The average molecular weight is 400 g/mol. The number of rotatable bonds is 5. The van der Waals surface area contributed by atoms with Crippen LogP contribution in [0.5, 0.6) is 0 Å². The molecule has 2 aliphatic rings. The van der Waals surface area contributed by atoms with Gasteiger partial charge in [0.1, 0.15) is 0 Å². The minimum absolute atomic E-state index is 0.0194. The summed E-state index contributed by atoms with van der Waals surface area (Å²) in [5.74, 6) is 0.113. The van der Waals surface area contributed by atoms with E-state index >= 15 is 0 Å². The lowest BCUT2D eigenvalue weighted by Gasteiger charge is -2.35. The van der Waals surface area contributed by atoms with E-state index in [4.69, 9.17) is 0 Å². The summed E-state index contributed by atoms with van der Waals surface area (Å²) in [5, 5.41) is 11.7. The Bertz CT molecular complexity index is 818. The Balaban J connectivity index is 1.44. The molecular weight excluding hydrogens is 370 g/mol. The molecule has 4 heterocycles. The molecule has 1 saturated heterocycles. The van der Waals surface area contributed by atoms with Crippen molar-refractivity contribution in [3.63, 3.8) is 0 Å². The lowest BCUT2D eigenvalue weighted by molar-refractivity contribution is 0.0502. The van der Waals surface area contributed by atoms with Gasteiger partial charge in [0.2, 0.25) is 0 Å². The second-order valence-corrected chi connectivity index (χ2v) is 8.82. The number of carbonyl (C=O) groups is 1. The van der Waals surface area contributed by atoms with Crippen LogP contribution in [-0.2, 0) is 25.9 Å². The smallest absolute Gasteiger partial charge is 0.255 e. The third kappa shape index (κ3) is 4.00. The number of aliphatic hydroxyl groups excluding tert-OH is 1. The predicted molar refractivity (Wildman–Crippen MR) is 112 cm³/mol. The van der Waals surface area contributed by atoms with E-state index in [2.05, 4.69) is 28.9 Å². The minimum Gasteiger partial charge on any atom is -0.394 e. The molecule has 0 aromatic carbocycles. The van der Waals surface area contributed by atoms with E-state index < -0.39 is 0 Å². The highest BCUT2D eigenvalue weighted by atomic mass is 32.1. The van der Waals surface area contributed by atoms with Crippen molar-refractivity contribution in [2.75, 3.05) is 19.7 Å². The predicted octanol–water partition coefficient (Wildman–Crippen LogP) is 3.25. The third-order valence-electron chi connectivity index (χ3n) is 6.03. The number of hydrogen-bond acceptors (Lipinski definition) is 5. The number of amides is 1. The van der Waals surface area contributed by atoms with Crippen LogP contribution < -0.4 is 0 Å². The number of carbonyl (C=O) groups excluding carboxylic acids is 1. The Hall–Kier alpha value is -1.76. The fourth-order valence-corrected chi connectivity index (χ4v) is 5.41. The van der Waals surface area contributed by atoms with Crippen LogP contribution in [0.25, 0.3) is 0 Å². The highest BCUT2D eigenvalue weighted by Gasteiger charge is 2.31. The number of aryl methyl sites for hydroxylation is 1. The highest BCUT2D eigenvalue weighted by Crippen LogP contribution is 2.31. The summed E-state index contributed by atoms with van der Waals surface area (Å²) in [6.45, 7) is 5.66. The molecule has 1 amide bonds. The average Bonchev–Trinajstić information content (AvgIpc) is 3.17. The lowest BCUT2D eigenvalue weighted by atomic mass is 9.98. The van der Waals surface area contributed by atoms with Crippen LogP contribution in [0, 0.1) is 0 Å². The number of piperidine rings is 1. The van der Waals surface area contributed by atoms with Crippen LogP contribution in [0.4, 0.5) is 0 Å². The number of thiophene rings is 1. The van der Waals surface area contributed by atoms with Gasteiger partial charge in [0.15, 0.2) is 0 Å². The number of aliphatic hydroxyl groups is 1. The van der Waals surface area contributed by atoms with Gasteiger partial charge < -0.3 is 10.0 Å². The van der Waals surface area contributed by atoms with Gasteiger partial charge in [0.25, 0.3) is 5.91 Å². The first-order valence-corrected chi connectivity index (χ1v) is 11.2. The van der Waals surface area contributed by atoms with Crippen molar-refractivity contribution >= 4 is 17.2 Å². The first-order valence-electron chi connectivity index (χ1n) is 10.4. The molecule has 5 nitrogen and oxygen atoms in total. The quantitative estimate of drug-likeness (QED) is 0.839. The zero-order valence-electron chi connectivity index (χ0n) is 16.6. The Morgan fingerprint density at radius 1 is 1.32 bits per heavy atom. The van der Waals surface area contributed by atoms with E-state index in [1.165, 1.54) is 16.0 Å². The second-order valence-electron chi connectivity index (χ2n) is 7.85. The normalized spacial score (nSPS) is 20.2. The van der Waals surface area contributed by atoms with Crippen molar-refractivity contribution in [2.45, 2.75) is 58.2 Å². The van der Waals surface area contributed by atoms with Gasteiger partial charge in [-0.1, -0.05) is 13.0 Å².